The average molecular weight is 496 g/mol. The largest absolute Gasteiger partial charge is 0.453 e. The van der Waals surface area contributed by atoms with Crippen LogP contribution >= 0.6 is 0 Å². The Balaban J connectivity index is 1.54. The molecule has 2 amide bonds. The molecule has 0 bridgehead atoms. The van der Waals surface area contributed by atoms with Gasteiger partial charge in [-0.2, -0.15) is 0 Å². The standard InChI is InChI=1S/C24H25N5O5S/c1-15-14-21(26-16(2)25-15)28-35(32,33)19-10-8-18(9-11-19)27-23(30)22-20-7-5-4-6-17(20)12-13-29(22)24(31)34-3/h4-11,14,22H,12-13H2,1-3H3,(H,27,30)(H,25,26,28). The van der Waals surface area contributed by atoms with E-state index < -0.39 is 28.1 Å². The number of nitrogens with one attached hydrogen (secondary N) is 2. The minimum absolute atomic E-state index is 0.00335. The van der Waals surface area contributed by atoms with Crippen molar-refractivity contribution in [2.75, 3.05) is 23.7 Å². The van der Waals surface area contributed by atoms with Gasteiger partial charge in [0, 0.05) is 24.0 Å². The van der Waals surface area contributed by atoms with E-state index >= 15 is 0 Å². The normalized spacial score (nSPS) is 15.2. The van der Waals surface area contributed by atoms with Crippen molar-refractivity contribution in [1.82, 2.24) is 14.9 Å². The topological polar surface area (TPSA) is 131 Å². The van der Waals surface area contributed by atoms with Crippen LogP contribution in [0.25, 0.3) is 0 Å². The first-order valence-electron chi connectivity index (χ1n) is 10.9. The van der Waals surface area contributed by atoms with E-state index in [1.807, 2.05) is 24.3 Å². The number of carbonyl (C=O) groups is 2. The molecular formula is C24H25N5O5S. The molecule has 2 N–H and O–H groups in total. The summed E-state index contributed by atoms with van der Waals surface area (Å²) in [5.41, 5.74) is 2.73. The van der Waals surface area contributed by atoms with Gasteiger partial charge in [-0.25, -0.2) is 23.2 Å². The van der Waals surface area contributed by atoms with Crippen LogP contribution in [-0.4, -0.2) is 48.9 Å². The molecule has 0 saturated carbocycles. The second-order valence-electron chi connectivity index (χ2n) is 8.08. The van der Waals surface area contributed by atoms with Gasteiger partial charge in [-0.15, -0.1) is 0 Å². The molecule has 1 unspecified atom stereocenters. The van der Waals surface area contributed by atoms with Crippen molar-refractivity contribution >= 4 is 33.5 Å². The summed E-state index contributed by atoms with van der Waals surface area (Å²) in [4.78, 5) is 35.2. The second-order valence-corrected chi connectivity index (χ2v) is 9.76. The molecule has 4 rings (SSSR count). The van der Waals surface area contributed by atoms with E-state index in [-0.39, 0.29) is 10.7 Å². The number of anilines is 2. The molecule has 1 atom stereocenters. The molecule has 35 heavy (non-hydrogen) atoms. The Hall–Kier alpha value is -3.99. The van der Waals surface area contributed by atoms with Gasteiger partial charge in [-0.3, -0.25) is 14.4 Å². The van der Waals surface area contributed by atoms with Crippen molar-refractivity contribution in [3.63, 3.8) is 0 Å². The first-order valence-corrected chi connectivity index (χ1v) is 12.3. The summed E-state index contributed by atoms with van der Waals surface area (Å²) in [7, 11) is -2.63. The summed E-state index contributed by atoms with van der Waals surface area (Å²) < 4.78 is 32.9. The molecule has 0 saturated heterocycles. The molecule has 10 nitrogen and oxygen atoms in total. The molecule has 0 radical (unpaired) electrons. The fourth-order valence-corrected chi connectivity index (χ4v) is 5.05. The zero-order valence-electron chi connectivity index (χ0n) is 19.5. The summed E-state index contributed by atoms with van der Waals surface area (Å²) in [5.74, 6) is 0.195. The van der Waals surface area contributed by atoms with Crippen LogP contribution in [0.3, 0.4) is 0 Å². The van der Waals surface area contributed by atoms with Crippen LogP contribution in [0.15, 0.2) is 59.5 Å². The quantitative estimate of drug-likeness (QED) is 0.556. The number of nitrogens with zero attached hydrogens (tertiary/aromatic N) is 3. The van der Waals surface area contributed by atoms with E-state index in [2.05, 4.69) is 20.0 Å². The third-order valence-corrected chi connectivity index (χ3v) is 6.95. The summed E-state index contributed by atoms with van der Waals surface area (Å²) in [5, 5.41) is 2.78. The number of amides is 2. The van der Waals surface area contributed by atoms with Crippen LogP contribution in [-0.2, 0) is 26.0 Å². The van der Waals surface area contributed by atoms with Gasteiger partial charge < -0.3 is 10.1 Å². The summed E-state index contributed by atoms with van der Waals surface area (Å²) >= 11 is 0. The van der Waals surface area contributed by atoms with Gasteiger partial charge in [0.25, 0.3) is 15.9 Å². The first kappa shape index (κ1) is 24.1. The lowest BCUT2D eigenvalue weighted by molar-refractivity contribution is -0.121. The Morgan fingerprint density at radius 1 is 1.06 bits per heavy atom. The zero-order chi connectivity index (χ0) is 25.2. The minimum atomic E-state index is -3.90. The summed E-state index contributed by atoms with van der Waals surface area (Å²) in [6.07, 6.45) is 0.0161. The van der Waals surface area contributed by atoms with Crippen LogP contribution in [0, 0.1) is 13.8 Å². The van der Waals surface area contributed by atoms with Crippen LogP contribution in [0.1, 0.15) is 28.7 Å². The molecule has 1 aliphatic rings. The van der Waals surface area contributed by atoms with Crippen LogP contribution in [0.4, 0.5) is 16.3 Å². The maximum atomic E-state index is 13.2. The monoisotopic (exact) mass is 495 g/mol. The highest BCUT2D eigenvalue weighted by atomic mass is 32.2. The van der Waals surface area contributed by atoms with Gasteiger partial charge in [0.05, 0.1) is 12.0 Å². The number of rotatable bonds is 5. The van der Waals surface area contributed by atoms with E-state index in [9.17, 15) is 18.0 Å². The van der Waals surface area contributed by atoms with Crippen LogP contribution in [0.2, 0.25) is 0 Å². The number of aromatic nitrogens is 2. The Morgan fingerprint density at radius 3 is 2.46 bits per heavy atom. The van der Waals surface area contributed by atoms with Gasteiger partial charge >= 0.3 is 6.09 Å². The van der Waals surface area contributed by atoms with Crippen molar-refractivity contribution in [3.8, 4) is 0 Å². The molecule has 2 heterocycles. The molecule has 1 aromatic heterocycles. The lowest BCUT2D eigenvalue weighted by atomic mass is 9.92. The number of ether oxygens (including phenoxy) is 1. The van der Waals surface area contributed by atoms with Gasteiger partial charge in [-0.1, -0.05) is 24.3 Å². The van der Waals surface area contributed by atoms with Crippen molar-refractivity contribution in [2.45, 2.75) is 31.2 Å². The van der Waals surface area contributed by atoms with Gasteiger partial charge in [-0.05, 0) is 55.7 Å². The van der Waals surface area contributed by atoms with E-state index in [4.69, 9.17) is 4.74 Å². The van der Waals surface area contributed by atoms with Gasteiger partial charge in [0.2, 0.25) is 0 Å². The molecule has 0 aliphatic carbocycles. The highest BCUT2D eigenvalue weighted by Crippen LogP contribution is 2.31. The highest BCUT2D eigenvalue weighted by molar-refractivity contribution is 7.92. The Kier molecular flexibility index (Phi) is 6.70. The molecular weight excluding hydrogens is 470 g/mol. The smallest absolute Gasteiger partial charge is 0.410 e. The predicted molar refractivity (Wildman–Crippen MR) is 129 cm³/mol. The molecule has 3 aromatic rings. The molecule has 1 aliphatic heterocycles. The first-order chi connectivity index (χ1) is 16.7. The molecule has 182 valence electrons. The maximum absolute atomic E-state index is 13.2. The number of carbonyl (C=O) groups excluding carboxylic acids is 2. The molecule has 2 aromatic carbocycles. The summed E-state index contributed by atoms with van der Waals surface area (Å²) in [6.45, 7) is 3.76. The average Bonchev–Trinajstić information content (AvgIpc) is 2.82. The molecule has 0 spiro atoms. The number of sulfonamides is 1. The van der Waals surface area contributed by atoms with Crippen molar-refractivity contribution in [2.24, 2.45) is 0 Å². The fraction of sp³-hybridized carbons (Fsp3) is 0.250. The number of aryl methyl sites for hydroxylation is 2. The van der Waals surface area contributed by atoms with Crippen molar-refractivity contribution < 1.29 is 22.7 Å². The number of fused-ring (bicyclic) bond motifs is 1. The van der Waals surface area contributed by atoms with Crippen molar-refractivity contribution in [1.29, 1.82) is 0 Å². The molecule has 0 fully saturated rings. The fourth-order valence-electron chi connectivity index (χ4n) is 4.06. The third-order valence-electron chi connectivity index (χ3n) is 5.58. The Labute approximate surface area is 203 Å². The van der Waals surface area contributed by atoms with Crippen LogP contribution in [0.5, 0.6) is 0 Å². The van der Waals surface area contributed by atoms with Crippen molar-refractivity contribution in [3.05, 3.63) is 77.2 Å². The lowest BCUT2D eigenvalue weighted by Gasteiger charge is -2.35. The number of benzene rings is 2. The molecule has 11 heteroatoms. The van der Waals surface area contributed by atoms with E-state index in [1.165, 1.54) is 42.3 Å². The predicted octanol–water partition coefficient (Wildman–Crippen LogP) is 3.20. The number of methoxy groups -OCH3 is 1. The lowest BCUT2D eigenvalue weighted by Crippen LogP contribution is -2.45. The summed E-state index contributed by atoms with van der Waals surface area (Å²) in [6, 6.07) is 13.8. The third kappa shape index (κ3) is 5.24. The number of hydrogen-bond acceptors (Lipinski definition) is 7. The Bertz CT molecular complexity index is 1360. The maximum Gasteiger partial charge on any atom is 0.410 e. The minimum Gasteiger partial charge on any atom is -0.453 e. The van der Waals surface area contributed by atoms with E-state index in [1.54, 1.807) is 13.8 Å². The van der Waals surface area contributed by atoms with Gasteiger partial charge in [0.15, 0.2) is 0 Å². The second kappa shape index (κ2) is 9.71. The van der Waals surface area contributed by atoms with E-state index in [0.29, 0.717) is 30.2 Å². The Morgan fingerprint density at radius 2 is 1.77 bits per heavy atom. The number of hydrogen-bond donors (Lipinski definition) is 2. The SMILES string of the molecule is COC(=O)N1CCc2ccccc2C1C(=O)Nc1ccc(S(=O)(=O)Nc2cc(C)nc(C)n2)cc1. The van der Waals surface area contributed by atoms with Crippen LogP contribution < -0.4 is 10.0 Å². The highest BCUT2D eigenvalue weighted by Gasteiger charge is 2.36. The van der Waals surface area contributed by atoms with E-state index in [0.717, 1.165) is 11.1 Å². The van der Waals surface area contributed by atoms with Gasteiger partial charge in [0.1, 0.15) is 17.7 Å². The zero-order valence-corrected chi connectivity index (χ0v) is 20.3.